The molecule has 0 heterocycles. The van der Waals surface area contributed by atoms with E-state index in [1.807, 2.05) is 25.1 Å². The quantitative estimate of drug-likeness (QED) is 0.797. The average molecular weight is 196 g/mol. The molecule has 0 fully saturated rings. The number of hydrogen-bond donors (Lipinski definition) is 1. The summed E-state index contributed by atoms with van der Waals surface area (Å²) in [7, 11) is 3.88. The number of aryl methyl sites for hydroxylation is 1. The van der Waals surface area contributed by atoms with Crippen molar-refractivity contribution in [3.8, 4) is 0 Å². The highest BCUT2D eigenvalue weighted by atomic mass is 19.1. The molecule has 1 aromatic carbocycles. The molecule has 1 rings (SSSR count). The summed E-state index contributed by atoms with van der Waals surface area (Å²) in [6, 6.07) is 5.37. The first-order chi connectivity index (χ1) is 6.56. The van der Waals surface area contributed by atoms with Gasteiger partial charge in [0.15, 0.2) is 0 Å². The second-order valence-electron chi connectivity index (χ2n) is 3.72. The topological polar surface area (TPSA) is 29.3 Å². The molecule has 1 aromatic rings. The maximum absolute atomic E-state index is 13.3. The zero-order chi connectivity index (χ0) is 10.7. The third-order valence-corrected chi connectivity index (χ3v) is 2.43. The smallest absolute Gasteiger partial charge is 0.126 e. The summed E-state index contributed by atoms with van der Waals surface area (Å²) in [5.74, 6) is -0.164. The molecule has 78 valence electrons. The largest absolute Gasteiger partial charge is 0.329 e. The molecule has 2 N–H and O–H groups in total. The molecule has 1 unspecified atom stereocenters. The first-order valence-electron chi connectivity index (χ1n) is 4.68. The van der Waals surface area contributed by atoms with Gasteiger partial charge in [-0.2, -0.15) is 0 Å². The van der Waals surface area contributed by atoms with Crippen molar-refractivity contribution in [1.82, 2.24) is 4.90 Å². The van der Waals surface area contributed by atoms with E-state index >= 15 is 0 Å². The monoisotopic (exact) mass is 196 g/mol. The fourth-order valence-corrected chi connectivity index (χ4v) is 1.46. The predicted octanol–water partition coefficient (Wildman–Crippen LogP) is 1.70. The van der Waals surface area contributed by atoms with Crippen molar-refractivity contribution in [2.45, 2.75) is 13.0 Å². The van der Waals surface area contributed by atoms with Gasteiger partial charge in [-0.05, 0) is 38.2 Å². The SMILES string of the molecule is Cc1ccc(C(CN)N(C)C)cc1F. The third-order valence-electron chi connectivity index (χ3n) is 2.43. The van der Waals surface area contributed by atoms with E-state index in [1.54, 1.807) is 19.1 Å². The number of likely N-dealkylation sites (N-methyl/N-ethyl adjacent to an activating group) is 1. The zero-order valence-corrected chi connectivity index (χ0v) is 8.92. The third kappa shape index (κ3) is 2.30. The summed E-state index contributed by atoms with van der Waals surface area (Å²) in [6.45, 7) is 2.25. The summed E-state index contributed by atoms with van der Waals surface area (Å²) < 4.78 is 13.3. The van der Waals surface area contributed by atoms with E-state index in [-0.39, 0.29) is 11.9 Å². The molecule has 0 aromatic heterocycles. The number of rotatable bonds is 3. The van der Waals surface area contributed by atoms with Crippen molar-refractivity contribution in [3.05, 3.63) is 35.1 Å². The zero-order valence-electron chi connectivity index (χ0n) is 8.92. The standard InChI is InChI=1S/C11H17FN2/c1-8-4-5-9(6-10(8)12)11(7-13)14(2)3/h4-6,11H,7,13H2,1-3H3. The van der Waals surface area contributed by atoms with Crippen LogP contribution < -0.4 is 5.73 Å². The van der Waals surface area contributed by atoms with Gasteiger partial charge in [0.05, 0.1) is 0 Å². The normalized spacial score (nSPS) is 13.3. The minimum absolute atomic E-state index is 0.0881. The second-order valence-corrected chi connectivity index (χ2v) is 3.72. The van der Waals surface area contributed by atoms with Gasteiger partial charge in [-0.3, -0.25) is 0 Å². The van der Waals surface area contributed by atoms with E-state index in [2.05, 4.69) is 0 Å². The van der Waals surface area contributed by atoms with Crippen LogP contribution in [-0.4, -0.2) is 25.5 Å². The Morgan fingerprint density at radius 2 is 2.07 bits per heavy atom. The summed E-state index contributed by atoms with van der Waals surface area (Å²) in [6.07, 6.45) is 0. The van der Waals surface area contributed by atoms with Gasteiger partial charge in [0.1, 0.15) is 5.82 Å². The fraction of sp³-hybridized carbons (Fsp3) is 0.455. The predicted molar refractivity (Wildman–Crippen MR) is 56.6 cm³/mol. The summed E-state index contributed by atoms with van der Waals surface area (Å²) >= 11 is 0. The van der Waals surface area contributed by atoms with Crippen molar-refractivity contribution >= 4 is 0 Å². The Balaban J connectivity index is 3.00. The van der Waals surface area contributed by atoms with E-state index in [0.29, 0.717) is 12.1 Å². The molecule has 1 atom stereocenters. The van der Waals surface area contributed by atoms with E-state index in [4.69, 9.17) is 5.73 Å². The Bertz CT molecular complexity index is 310. The van der Waals surface area contributed by atoms with E-state index in [1.165, 1.54) is 0 Å². The van der Waals surface area contributed by atoms with Crippen LogP contribution >= 0.6 is 0 Å². The summed E-state index contributed by atoms with van der Waals surface area (Å²) in [4.78, 5) is 1.99. The molecule has 2 nitrogen and oxygen atoms in total. The average Bonchev–Trinajstić information content (AvgIpc) is 2.11. The lowest BCUT2D eigenvalue weighted by Gasteiger charge is -2.23. The van der Waals surface area contributed by atoms with Crippen LogP contribution in [0.25, 0.3) is 0 Å². The number of halogens is 1. The van der Waals surface area contributed by atoms with Gasteiger partial charge in [0, 0.05) is 12.6 Å². The molecule has 0 saturated heterocycles. The highest BCUT2D eigenvalue weighted by Gasteiger charge is 2.12. The maximum atomic E-state index is 13.3. The molecule has 0 amide bonds. The Labute approximate surface area is 84.5 Å². The van der Waals surface area contributed by atoms with Crippen LogP contribution in [0.1, 0.15) is 17.2 Å². The van der Waals surface area contributed by atoms with Crippen LogP contribution in [0.15, 0.2) is 18.2 Å². The minimum Gasteiger partial charge on any atom is -0.329 e. The van der Waals surface area contributed by atoms with Gasteiger partial charge in [-0.15, -0.1) is 0 Å². The van der Waals surface area contributed by atoms with E-state index < -0.39 is 0 Å². The molecule has 0 radical (unpaired) electrons. The van der Waals surface area contributed by atoms with E-state index in [9.17, 15) is 4.39 Å². The molecule has 0 bridgehead atoms. The lowest BCUT2D eigenvalue weighted by atomic mass is 10.0. The van der Waals surface area contributed by atoms with Gasteiger partial charge < -0.3 is 10.6 Å². The first kappa shape index (κ1) is 11.1. The second kappa shape index (κ2) is 4.53. The van der Waals surface area contributed by atoms with Crippen molar-refractivity contribution in [2.24, 2.45) is 5.73 Å². The minimum atomic E-state index is -0.164. The Morgan fingerprint density at radius 3 is 2.50 bits per heavy atom. The Kier molecular flexibility index (Phi) is 3.61. The van der Waals surface area contributed by atoms with E-state index in [0.717, 1.165) is 5.56 Å². The van der Waals surface area contributed by atoms with Crippen molar-refractivity contribution in [1.29, 1.82) is 0 Å². The van der Waals surface area contributed by atoms with Crippen LogP contribution in [0.4, 0.5) is 4.39 Å². The highest BCUT2D eigenvalue weighted by Crippen LogP contribution is 2.19. The van der Waals surface area contributed by atoms with Crippen LogP contribution in [0, 0.1) is 12.7 Å². The van der Waals surface area contributed by atoms with Crippen LogP contribution in [-0.2, 0) is 0 Å². The van der Waals surface area contributed by atoms with Crippen LogP contribution in [0.2, 0.25) is 0 Å². The molecular weight excluding hydrogens is 179 g/mol. The lowest BCUT2D eigenvalue weighted by molar-refractivity contribution is 0.305. The fourth-order valence-electron chi connectivity index (χ4n) is 1.46. The number of nitrogens with zero attached hydrogens (tertiary/aromatic N) is 1. The highest BCUT2D eigenvalue weighted by molar-refractivity contribution is 5.26. The maximum Gasteiger partial charge on any atom is 0.126 e. The Hall–Kier alpha value is -0.930. The molecule has 0 saturated carbocycles. The first-order valence-corrected chi connectivity index (χ1v) is 4.68. The molecule has 0 spiro atoms. The van der Waals surface area contributed by atoms with Gasteiger partial charge in [0.25, 0.3) is 0 Å². The molecular formula is C11H17FN2. The van der Waals surface area contributed by atoms with Crippen molar-refractivity contribution in [3.63, 3.8) is 0 Å². The van der Waals surface area contributed by atoms with Crippen molar-refractivity contribution < 1.29 is 4.39 Å². The molecule has 3 heteroatoms. The molecule has 0 aliphatic heterocycles. The number of hydrogen-bond acceptors (Lipinski definition) is 2. The molecule has 14 heavy (non-hydrogen) atoms. The van der Waals surface area contributed by atoms with Crippen molar-refractivity contribution in [2.75, 3.05) is 20.6 Å². The van der Waals surface area contributed by atoms with Gasteiger partial charge in [0.2, 0.25) is 0 Å². The number of nitrogens with two attached hydrogens (primary N) is 1. The lowest BCUT2D eigenvalue weighted by Crippen LogP contribution is -2.27. The molecule has 0 aliphatic rings. The van der Waals surface area contributed by atoms with Crippen LogP contribution in [0.5, 0.6) is 0 Å². The van der Waals surface area contributed by atoms with Gasteiger partial charge in [-0.1, -0.05) is 12.1 Å². The van der Waals surface area contributed by atoms with Gasteiger partial charge in [-0.25, -0.2) is 4.39 Å². The van der Waals surface area contributed by atoms with Crippen LogP contribution in [0.3, 0.4) is 0 Å². The number of benzene rings is 1. The molecule has 0 aliphatic carbocycles. The summed E-state index contributed by atoms with van der Waals surface area (Å²) in [5, 5.41) is 0. The Morgan fingerprint density at radius 1 is 1.43 bits per heavy atom. The summed E-state index contributed by atoms with van der Waals surface area (Å²) in [5.41, 5.74) is 7.23. The van der Waals surface area contributed by atoms with Gasteiger partial charge >= 0.3 is 0 Å².